The van der Waals surface area contributed by atoms with Gasteiger partial charge in [-0.1, -0.05) is 0 Å². The number of carbonyl (C=O) groups is 1. The molecule has 3 N–H and O–H groups in total. The summed E-state index contributed by atoms with van der Waals surface area (Å²) >= 11 is 0. The highest BCUT2D eigenvalue weighted by Gasteiger charge is 2.18. The van der Waals surface area contributed by atoms with Gasteiger partial charge in [-0.05, 0) is 37.5 Å². The summed E-state index contributed by atoms with van der Waals surface area (Å²) < 4.78 is 35.9. The van der Waals surface area contributed by atoms with Crippen LogP contribution in [0.1, 0.15) is 19.3 Å². The Balaban J connectivity index is 2.11. The summed E-state index contributed by atoms with van der Waals surface area (Å²) in [5.41, 5.74) is -0.0621. The van der Waals surface area contributed by atoms with Crippen LogP contribution in [-0.4, -0.2) is 32.4 Å². The molecule has 1 aliphatic rings. The highest BCUT2D eigenvalue weighted by molar-refractivity contribution is 7.89. The molecule has 110 valence electrons. The number of primary sulfonamides is 1. The Morgan fingerprint density at radius 3 is 2.45 bits per heavy atom. The van der Waals surface area contributed by atoms with E-state index in [1.165, 1.54) is 6.07 Å². The Bertz CT molecular complexity index is 612. The summed E-state index contributed by atoms with van der Waals surface area (Å²) in [7, 11) is -3.95. The molecule has 20 heavy (non-hydrogen) atoms. The van der Waals surface area contributed by atoms with E-state index >= 15 is 0 Å². The minimum atomic E-state index is -3.95. The maximum atomic E-state index is 13.8. The molecule has 0 aromatic heterocycles. The van der Waals surface area contributed by atoms with E-state index in [-0.39, 0.29) is 16.6 Å². The zero-order chi connectivity index (χ0) is 14.8. The van der Waals surface area contributed by atoms with Crippen molar-refractivity contribution in [2.75, 3.05) is 18.4 Å². The number of nitrogens with two attached hydrogens (primary N) is 1. The molecule has 1 fully saturated rings. The molecule has 1 saturated heterocycles. The van der Waals surface area contributed by atoms with Gasteiger partial charge in [0.2, 0.25) is 10.0 Å². The van der Waals surface area contributed by atoms with Crippen LogP contribution >= 0.6 is 0 Å². The van der Waals surface area contributed by atoms with Crippen LogP contribution in [0.15, 0.2) is 23.1 Å². The Morgan fingerprint density at radius 1 is 1.25 bits per heavy atom. The third-order valence-electron chi connectivity index (χ3n) is 3.15. The van der Waals surface area contributed by atoms with E-state index in [2.05, 4.69) is 5.32 Å². The minimum absolute atomic E-state index is 0.0621. The smallest absolute Gasteiger partial charge is 0.321 e. The van der Waals surface area contributed by atoms with E-state index in [1.54, 1.807) is 4.90 Å². The van der Waals surface area contributed by atoms with Gasteiger partial charge in [-0.2, -0.15) is 0 Å². The summed E-state index contributed by atoms with van der Waals surface area (Å²) in [4.78, 5) is 13.2. The molecule has 1 aromatic carbocycles. The summed E-state index contributed by atoms with van der Waals surface area (Å²) in [5, 5.41) is 7.34. The van der Waals surface area contributed by atoms with Crippen molar-refractivity contribution in [1.82, 2.24) is 4.90 Å². The van der Waals surface area contributed by atoms with Gasteiger partial charge in [0.1, 0.15) is 5.82 Å². The third kappa shape index (κ3) is 3.45. The van der Waals surface area contributed by atoms with Crippen LogP contribution in [0.5, 0.6) is 0 Å². The summed E-state index contributed by atoms with van der Waals surface area (Å²) in [5.74, 6) is -0.832. The lowest BCUT2D eigenvalue weighted by Gasteiger charge is -2.26. The Labute approximate surface area is 116 Å². The monoisotopic (exact) mass is 301 g/mol. The summed E-state index contributed by atoms with van der Waals surface area (Å²) in [6.07, 6.45) is 2.95. The number of hydrogen-bond acceptors (Lipinski definition) is 3. The van der Waals surface area contributed by atoms with E-state index in [0.717, 1.165) is 31.4 Å². The summed E-state index contributed by atoms with van der Waals surface area (Å²) in [6.45, 7) is 1.28. The van der Waals surface area contributed by atoms with Gasteiger partial charge in [0.15, 0.2) is 0 Å². The molecular weight excluding hydrogens is 285 g/mol. The lowest BCUT2D eigenvalue weighted by molar-refractivity contribution is 0.200. The van der Waals surface area contributed by atoms with Gasteiger partial charge in [-0.25, -0.2) is 22.7 Å². The second-order valence-corrected chi connectivity index (χ2v) is 6.23. The molecule has 6 nitrogen and oxygen atoms in total. The molecule has 1 aliphatic heterocycles. The normalized spacial score (nSPS) is 16.0. The van der Waals surface area contributed by atoms with Gasteiger partial charge >= 0.3 is 6.03 Å². The van der Waals surface area contributed by atoms with Crippen LogP contribution in [0.3, 0.4) is 0 Å². The standard InChI is InChI=1S/C12H16FN3O3S/c13-10-8-9(20(14,18)19)4-5-11(10)15-12(17)16-6-2-1-3-7-16/h4-5,8H,1-3,6-7H2,(H,15,17)(H2,14,18,19). The number of carbonyl (C=O) groups excluding carboxylic acids is 1. The van der Waals surface area contributed by atoms with Gasteiger partial charge in [0.25, 0.3) is 0 Å². The molecule has 0 saturated carbocycles. The van der Waals surface area contributed by atoms with Crippen molar-refractivity contribution < 1.29 is 17.6 Å². The van der Waals surface area contributed by atoms with Crippen molar-refractivity contribution in [3.8, 4) is 0 Å². The first-order chi connectivity index (χ1) is 9.38. The highest BCUT2D eigenvalue weighted by Crippen LogP contribution is 2.19. The van der Waals surface area contributed by atoms with E-state index < -0.39 is 15.8 Å². The summed E-state index contributed by atoms with van der Waals surface area (Å²) in [6, 6.07) is 2.76. The number of nitrogens with one attached hydrogen (secondary N) is 1. The van der Waals surface area contributed by atoms with Gasteiger partial charge in [0, 0.05) is 13.1 Å². The molecule has 2 rings (SSSR count). The fourth-order valence-corrected chi connectivity index (χ4v) is 2.59. The topological polar surface area (TPSA) is 92.5 Å². The molecule has 1 heterocycles. The molecule has 0 atom stereocenters. The van der Waals surface area contributed by atoms with Gasteiger partial charge in [-0.3, -0.25) is 0 Å². The number of amides is 2. The molecule has 0 radical (unpaired) electrons. The van der Waals surface area contributed by atoms with E-state index in [0.29, 0.717) is 13.1 Å². The fourth-order valence-electron chi connectivity index (χ4n) is 2.07. The predicted octanol–water partition coefficient (Wildman–Crippen LogP) is 1.49. The second-order valence-electron chi connectivity index (χ2n) is 4.66. The van der Waals surface area contributed by atoms with Crippen LogP contribution in [0.25, 0.3) is 0 Å². The van der Waals surface area contributed by atoms with Crippen molar-refractivity contribution in [3.05, 3.63) is 24.0 Å². The number of benzene rings is 1. The molecule has 2 amide bonds. The zero-order valence-corrected chi connectivity index (χ0v) is 11.6. The van der Waals surface area contributed by atoms with E-state index in [9.17, 15) is 17.6 Å². The number of urea groups is 1. The van der Waals surface area contributed by atoms with Crippen molar-refractivity contribution in [2.45, 2.75) is 24.2 Å². The largest absolute Gasteiger partial charge is 0.325 e. The first-order valence-electron chi connectivity index (χ1n) is 6.26. The van der Waals surface area contributed by atoms with Gasteiger partial charge < -0.3 is 10.2 Å². The number of piperidine rings is 1. The number of rotatable bonds is 2. The SMILES string of the molecule is NS(=O)(=O)c1ccc(NC(=O)N2CCCCC2)c(F)c1. The van der Waals surface area contributed by atoms with Crippen molar-refractivity contribution >= 4 is 21.7 Å². The first kappa shape index (κ1) is 14.7. The molecule has 0 spiro atoms. The predicted molar refractivity (Wildman–Crippen MR) is 72.2 cm³/mol. The quantitative estimate of drug-likeness (QED) is 0.866. The lowest BCUT2D eigenvalue weighted by Crippen LogP contribution is -2.38. The maximum absolute atomic E-state index is 13.8. The highest BCUT2D eigenvalue weighted by atomic mass is 32.2. The van der Waals surface area contributed by atoms with E-state index in [4.69, 9.17) is 5.14 Å². The van der Waals surface area contributed by atoms with Crippen LogP contribution < -0.4 is 10.5 Å². The van der Waals surface area contributed by atoms with Crippen LogP contribution in [0.4, 0.5) is 14.9 Å². The number of halogens is 1. The number of likely N-dealkylation sites (tertiary alicyclic amines) is 1. The first-order valence-corrected chi connectivity index (χ1v) is 7.81. The number of nitrogens with zero attached hydrogens (tertiary/aromatic N) is 1. The average molecular weight is 301 g/mol. The van der Waals surface area contributed by atoms with Crippen LogP contribution in [-0.2, 0) is 10.0 Å². The molecular formula is C12H16FN3O3S. The van der Waals surface area contributed by atoms with Crippen LogP contribution in [0.2, 0.25) is 0 Å². The second kappa shape index (κ2) is 5.76. The Kier molecular flexibility index (Phi) is 4.24. The Hall–Kier alpha value is -1.67. The molecule has 0 unspecified atom stereocenters. The fraction of sp³-hybridized carbons (Fsp3) is 0.417. The van der Waals surface area contributed by atoms with Crippen molar-refractivity contribution in [2.24, 2.45) is 5.14 Å². The minimum Gasteiger partial charge on any atom is -0.325 e. The Morgan fingerprint density at radius 2 is 1.90 bits per heavy atom. The van der Waals surface area contributed by atoms with Gasteiger partial charge in [-0.15, -0.1) is 0 Å². The number of anilines is 1. The van der Waals surface area contributed by atoms with E-state index in [1.807, 2.05) is 0 Å². The third-order valence-corrected chi connectivity index (χ3v) is 4.06. The average Bonchev–Trinajstić information content (AvgIpc) is 2.41. The number of sulfonamides is 1. The van der Waals surface area contributed by atoms with Crippen molar-refractivity contribution in [1.29, 1.82) is 0 Å². The maximum Gasteiger partial charge on any atom is 0.321 e. The molecule has 8 heteroatoms. The zero-order valence-electron chi connectivity index (χ0n) is 10.8. The molecule has 0 aliphatic carbocycles. The number of hydrogen-bond donors (Lipinski definition) is 2. The molecule has 1 aromatic rings. The van der Waals surface area contributed by atoms with Gasteiger partial charge in [0.05, 0.1) is 10.6 Å². The van der Waals surface area contributed by atoms with Crippen LogP contribution in [0, 0.1) is 5.82 Å². The van der Waals surface area contributed by atoms with Crippen molar-refractivity contribution in [3.63, 3.8) is 0 Å². The molecule has 0 bridgehead atoms. The lowest BCUT2D eigenvalue weighted by atomic mass is 10.1.